The van der Waals surface area contributed by atoms with Crippen LogP contribution < -0.4 is 10.6 Å². The summed E-state index contributed by atoms with van der Waals surface area (Å²) in [6.07, 6.45) is 3.40. The van der Waals surface area contributed by atoms with Gasteiger partial charge in [-0.1, -0.05) is 32.4 Å². The van der Waals surface area contributed by atoms with Gasteiger partial charge in [-0.3, -0.25) is 9.59 Å². The van der Waals surface area contributed by atoms with Crippen molar-refractivity contribution in [2.45, 2.75) is 39.5 Å². The summed E-state index contributed by atoms with van der Waals surface area (Å²) in [5.41, 5.74) is 2.93. The second kappa shape index (κ2) is 8.64. The minimum absolute atomic E-state index is 0.0269. The first kappa shape index (κ1) is 18.2. The fraction of sp³-hybridized carbons (Fsp3) is 0.368. The van der Waals surface area contributed by atoms with Crippen LogP contribution in [-0.4, -0.2) is 18.9 Å². The van der Waals surface area contributed by atoms with Gasteiger partial charge in [0.05, 0.1) is 11.3 Å². The van der Waals surface area contributed by atoms with Gasteiger partial charge in [-0.05, 0) is 42.2 Å². The molecule has 2 rings (SSSR count). The highest BCUT2D eigenvalue weighted by Gasteiger charge is 2.13. The molecule has 0 bridgehead atoms. The topological polar surface area (TPSA) is 58.2 Å². The normalized spacial score (nSPS) is 10.5. The van der Waals surface area contributed by atoms with E-state index in [0.717, 1.165) is 35.4 Å². The third-order valence-corrected chi connectivity index (χ3v) is 5.07. The number of benzene rings is 1. The van der Waals surface area contributed by atoms with E-state index in [-0.39, 0.29) is 11.8 Å². The minimum Gasteiger partial charge on any atom is -0.359 e. The number of carbonyl (C=O) groups is 2. The minimum atomic E-state index is -0.0731. The molecule has 1 aromatic heterocycles. The second-order valence-corrected chi connectivity index (χ2v) is 6.80. The Balaban J connectivity index is 2.05. The Bertz CT molecular complexity index is 705. The molecule has 0 unspecified atom stereocenters. The van der Waals surface area contributed by atoms with E-state index >= 15 is 0 Å². The van der Waals surface area contributed by atoms with Crippen LogP contribution in [0, 0.1) is 0 Å². The summed E-state index contributed by atoms with van der Waals surface area (Å²) in [4.78, 5) is 25.9. The zero-order valence-electron chi connectivity index (χ0n) is 14.4. The van der Waals surface area contributed by atoms with Crippen molar-refractivity contribution in [3.63, 3.8) is 0 Å². The van der Waals surface area contributed by atoms with Gasteiger partial charge in [0.25, 0.3) is 5.91 Å². The third kappa shape index (κ3) is 4.68. The molecule has 0 saturated carbocycles. The molecule has 0 saturated heterocycles. The molecule has 0 atom stereocenters. The molecule has 1 aromatic carbocycles. The molecule has 0 aliphatic carbocycles. The van der Waals surface area contributed by atoms with Gasteiger partial charge < -0.3 is 10.6 Å². The Hall–Kier alpha value is -2.14. The van der Waals surface area contributed by atoms with Crippen LogP contribution in [0.2, 0.25) is 0 Å². The van der Waals surface area contributed by atoms with Gasteiger partial charge >= 0.3 is 0 Å². The maximum absolute atomic E-state index is 12.4. The number of nitrogens with one attached hydrogen (secondary N) is 2. The van der Waals surface area contributed by atoms with E-state index in [4.69, 9.17) is 0 Å². The van der Waals surface area contributed by atoms with E-state index in [1.165, 1.54) is 10.4 Å². The van der Waals surface area contributed by atoms with Crippen molar-refractivity contribution in [3.8, 4) is 0 Å². The van der Waals surface area contributed by atoms with Gasteiger partial charge in [0.2, 0.25) is 5.91 Å². The number of hydrogen-bond acceptors (Lipinski definition) is 3. The molecule has 2 N–H and O–H groups in total. The molecule has 0 aliphatic rings. The first-order chi connectivity index (χ1) is 11.6. The lowest BCUT2D eigenvalue weighted by atomic mass is 10.1. The average Bonchev–Trinajstić information content (AvgIpc) is 3.00. The van der Waals surface area contributed by atoms with Crippen molar-refractivity contribution in [1.82, 2.24) is 5.32 Å². The van der Waals surface area contributed by atoms with Crippen molar-refractivity contribution in [3.05, 3.63) is 51.2 Å². The Morgan fingerprint density at radius 1 is 1.12 bits per heavy atom. The van der Waals surface area contributed by atoms with E-state index in [1.807, 2.05) is 30.3 Å². The third-order valence-electron chi connectivity index (χ3n) is 3.83. The molecule has 4 nitrogen and oxygen atoms in total. The molecule has 0 aliphatic heterocycles. The fourth-order valence-electron chi connectivity index (χ4n) is 2.49. The van der Waals surface area contributed by atoms with Gasteiger partial charge in [-0.15, -0.1) is 11.3 Å². The van der Waals surface area contributed by atoms with E-state index in [9.17, 15) is 9.59 Å². The maximum atomic E-state index is 12.4. The van der Waals surface area contributed by atoms with Crippen LogP contribution >= 0.6 is 11.3 Å². The van der Waals surface area contributed by atoms with Crippen molar-refractivity contribution >= 4 is 28.8 Å². The molecule has 2 amide bonds. The molecule has 5 heteroatoms. The predicted molar refractivity (Wildman–Crippen MR) is 99.9 cm³/mol. The van der Waals surface area contributed by atoms with E-state index in [2.05, 4.69) is 24.5 Å². The lowest BCUT2D eigenvalue weighted by Gasteiger charge is -2.05. The summed E-state index contributed by atoms with van der Waals surface area (Å²) in [5.74, 6) is -0.1000. The number of hydrogen-bond donors (Lipinski definition) is 2. The van der Waals surface area contributed by atoms with Gasteiger partial charge in [0, 0.05) is 17.6 Å². The molecule has 24 heavy (non-hydrogen) atoms. The van der Waals surface area contributed by atoms with Crippen molar-refractivity contribution < 1.29 is 9.59 Å². The van der Waals surface area contributed by atoms with E-state index in [0.29, 0.717) is 6.42 Å². The Morgan fingerprint density at radius 2 is 1.83 bits per heavy atom. The number of anilines is 1. The van der Waals surface area contributed by atoms with Crippen LogP contribution in [0.15, 0.2) is 30.3 Å². The van der Waals surface area contributed by atoms with Crippen LogP contribution in [0.5, 0.6) is 0 Å². The standard InChI is InChI=1S/C19H24N2O2S/c1-4-6-16-14(5-2)12-17(24-16)19(23)21-15-9-7-13(8-10-15)11-18(22)20-3/h7-10,12H,4-6,11H2,1-3H3,(H,20,22)(H,21,23). The van der Waals surface area contributed by atoms with E-state index in [1.54, 1.807) is 18.4 Å². The first-order valence-electron chi connectivity index (χ1n) is 8.29. The quantitative estimate of drug-likeness (QED) is 0.802. The SMILES string of the molecule is CCCc1sc(C(=O)Nc2ccc(CC(=O)NC)cc2)cc1CC. The molecule has 2 aromatic rings. The van der Waals surface area contributed by atoms with Crippen molar-refractivity contribution in [1.29, 1.82) is 0 Å². The molecule has 0 radical (unpaired) electrons. The average molecular weight is 344 g/mol. The van der Waals surface area contributed by atoms with Crippen LogP contribution in [0.4, 0.5) is 5.69 Å². The van der Waals surface area contributed by atoms with Crippen LogP contribution in [0.25, 0.3) is 0 Å². The van der Waals surface area contributed by atoms with Gasteiger partial charge in [-0.25, -0.2) is 0 Å². The Kier molecular flexibility index (Phi) is 6.55. The second-order valence-electron chi connectivity index (χ2n) is 5.66. The Morgan fingerprint density at radius 3 is 2.42 bits per heavy atom. The zero-order valence-corrected chi connectivity index (χ0v) is 15.3. The number of thiophene rings is 1. The number of aryl methyl sites for hydroxylation is 2. The monoisotopic (exact) mass is 344 g/mol. The van der Waals surface area contributed by atoms with Crippen LogP contribution in [-0.2, 0) is 24.1 Å². The summed E-state index contributed by atoms with van der Waals surface area (Å²) in [7, 11) is 1.62. The molecule has 0 spiro atoms. The molecule has 1 heterocycles. The molecule has 128 valence electrons. The summed E-state index contributed by atoms with van der Waals surface area (Å²) in [6, 6.07) is 9.39. The predicted octanol–water partition coefficient (Wildman–Crippen LogP) is 3.80. The number of likely N-dealkylation sites (N-methyl/N-ethyl adjacent to an activating group) is 1. The fourth-order valence-corrected chi connectivity index (χ4v) is 3.74. The van der Waals surface area contributed by atoms with Crippen molar-refractivity contribution in [2.75, 3.05) is 12.4 Å². The molecular formula is C19H24N2O2S. The highest BCUT2D eigenvalue weighted by molar-refractivity contribution is 7.14. The highest BCUT2D eigenvalue weighted by Crippen LogP contribution is 2.25. The summed E-state index contributed by atoms with van der Waals surface area (Å²) < 4.78 is 0. The van der Waals surface area contributed by atoms with Gasteiger partial charge in [-0.2, -0.15) is 0 Å². The lowest BCUT2D eigenvalue weighted by molar-refractivity contribution is -0.119. The summed E-state index contributed by atoms with van der Waals surface area (Å²) >= 11 is 1.59. The van der Waals surface area contributed by atoms with Crippen LogP contribution in [0.1, 0.15) is 45.9 Å². The van der Waals surface area contributed by atoms with Crippen molar-refractivity contribution in [2.24, 2.45) is 0 Å². The van der Waals surface area contributed by atoms with Gasteiger partial charge in [0.1, 0.15) is 0 Å². The Labute approximate surface area is 147 Å². The van der Waals surface area contributed by atoms with Gasteiger partial charge in [0.15, 0.2) is 0 Å². The highest BCUT2D eigenvalue weighted by atomic mass is 32.1. The molecule has 0 fully saturated rings. The molecular weight excluding hydrogens is 320 g/mol. The van der Waals surface area contributed by atoms with Crippen LogP contribution in [0.3, 0.4) is 0 Å². The smallest absolute Gasteiger partial charge is 0.265 e. The summed E-state index contributed by atoms with van der Waals surface area (Å²) in [6.45, 7) is 4.27. The number of rotatable bonds is 7. The number of amides is 2. The lowest BCUT2D eigenvalue weighted by Crippen LogP contribution is -2.19. The maximum Gasteiger partial charge on any atom is 0.265 e. The first-order valence-corrected chi connectivity index (χ1v) is 9.11. The largest absolute Gasteiger partial charge is 0.359 e. The summed E-state index contributed by atoms with van der Waals surface area (Å²) in [5, 5.41) is 5.53. The number of carbonyl (C=O) groups excluding carboxylic acids is 2. The zero-order chi connectivity index (χ0) is 17.5. The van der Waals surface area contributed by atoms with E-state index < -0.39 is 0 Å².